The maximum Gasteiger partial charge on any atom is 0.333 e. The van der Waals surface area contributed by atoms with Crippen LogP contribution in [0.15, 0.2) is 59.4 Å². The van der Waals surface area contributed by atoms with Gasteiger partial charge in [-0.3, -0.25) is 14.4 Å². The summed E-state index contributed by atoms with van der Waals surface area (Å²) in [5, 5.41) is 9.03. The number of nitrogens with one attached hydrogen (secondary N) is 3. The highest BCUT2D eigenvalue weighted by molar-refractivity contribution is 5.86. The van der Waals surface area contributed by atoms with E-state index in [-0.39, 0.29) is 23.7 Å². The molecule has 4 rings (SSSR count). The molecule has 11 nitrogen and oxygen atoms in total. The number of ether oxygens (including phenoxy) is 4. The van der Waals surface area contributed by atoms with Crippen LogP contribution in [0.5, 0.6) is 17.2 Å². The van der Waals surface area contributed by atoms with Gasteiger partial charge in [0.25, 0.3) is 0 Å². The molecule has 3 aromatic rings. The Morgan fingerprint density at radius 3 is 2.30 bits per heavy atom. The van der Waals surface area contributed by atoms with Gasteiger partial charge in [-0.25, -0.2) is 4.79 Å². The minimum atomic E-state index is -0.861. The van der Waals surface area contributed by atoms with Gasteiger partial charge in [-0.15, -0.1) is 0 Å². The van der Waals surface area contributed by atoms with Crippen LogP contribution in [0.2, 0.25) is 0 Å². The second-order valence-corrected chi connectivity index (χ2v) is 11.3. The summed E-state index contributed by atoms with van der Waals surface area (Å²) < 4.78 is 21.9. The molecule has 2 unspecified atom stereocenters. The number of unbranched alkanes of at least 4 members (excludes halogenated alkanes) is 2. The Morgan fingerprint density at radius 2 is 1.64 bits per heavy atom. The lowest BCUT2D eigenvalue weighted by Gasteiger charge is -2.19. The van der Waals surface area contributed by atoms with E-state index in [0.717, 1.165) is 23.1 Å². The van der Waals surface area contributed by atoms with E-state index >= 15 is 0 Å². The van der Waals surface area contributed by atoms with Crippen molar-refractivity contribution in [3.05, 3.63) is 81.5 Å². The Morgan fingerprint density at radius 1 is 0.894 bits per heavy atom. The van der Waals surface area contributed by atoms with E-state index in [1.54, 1.807) is 57.7 Å². The van der Waals surface area contributed by atoms with Gasteiger partial charge >= 0.3 is 5.97 Å². The molecule has 11 heteroatoms. The predicted octanol–water partition coefficient (Wildman–Crippen LogP) is 4.87. The minimum Gasteiger partial charge on any atom is -0.493 e. The molecule has 0 fully saturated rings. The standard InChI is InChI=1S/C36H43N3O8/c1-22(40)38-27-17-15-24-20-30(44-2)34(45-3)35(46-4)32(24)25-16-18-28(29(41)21-26(25)27)37-19-11-7-10-14-31(42)39-33(36(43)47-5)23-12-8-6-9-13-23/h6,8-9,12-13,16,18,20-21,27,33H,7,10-11,14-15,17,19H2,1-5H3,(H,37,41)(H,38,40)(H,39,42). The molecule has 0 heterocycles. The molecule has 3 N–H and O–H groups in total. The monoisotopic (exact) mass is 645 g/mol. The van der Waals surface area contributed by atoms with Crippen LogP contribution in [-0.4, -0.2) is 52.8 Å². The molecule has 2 amide bonds. The smallest absolute Gasteiger partial charge is 0.333 e. The number of anilines is 1. The van der Waals surface area contributed by atoms with Gasteiger partial charge in [0.2, 0.25) is 23.0 Å². The number of rotatable bonds is 14. The van der Waals surface area contributed by atoms with Crippen LogP contribution >= 0.6 is 0 Å². The molecule has 0 saturated heterocycles. The zero-order valence-electron chi connectivity index (χ0n) is 27.6. The number of aryl methyl sites for hydroxylation is 1. The maximum atomic E-state index is 13.5. The fraction of sp³-hybridized carbons (Fsp3) is 0.389. The average Bonchev–Trinajstić information content (AvgIpc) is 3.32. The molecule has 47 heavy (non-hydrogen) atoms. The molecular weight excluding hydrogens is 602 g/mol. The maximum absolute atomic E-state index is 13.5. The first-order valence-electron chi connectivity index (χ1n) is 15.7. The minimum absolute atomic E-state index is 0.194. The number of fused-ring (bicyclic) bond motifs is 3. The Kier molecular flexibility index (Phi) is 12.2. The second kappa shape index (κ2) is 16.5. The fourth-order valence-electron chi connectivity index (χ4n) is 5.94. The first-order valence-corrected chi connectivity index (χ1v) is 15.7. The lowest BCUT2D eigenvalue weighted by Crippen LogP contribution is -2.34. The summed E-state index contributed by atoms with van der Waals surface area (Å²) in [6.45, 7) is 1.98. The molecular formula is C36H43N3O8. The van der Waals surface area contributed by atoms with Crippen LogP contribution in [0.4, 0.5) is 5.69 Å². The molecule has 0 spiro atoms. The fourth-order valence-corrected chi connectivity index (χ4v) is 5.94. The van der Waals surface area contributed by atoms with Gasteiger partial charge in [-0.1, -0.05) is 42.8 Å². The third kappa shape index (κ3) is 8.41. The highest BCUT2D eigenvalue weighted by atomic mass is 16.5. The van der Waals surface area contributed by atoms with Crippen molar-refractivity contribution in [2.45, 2.75) is 57.5 Å². The zero-order chi connectivity index (χ0) is 33.9. The van der Waals surface area contributed by atoms with E-state index in [1.807, 2.05) is 18.2 Å². The Hall–Kier alpha value is -5.06. The van der Waals surface area contributed by atoms with Crippen LogP contribution in [0.3, 0.4) is 0 Å². The number of esters is 1. The number of carbonyl (C=O) groups excluding carboxylic acids is 3. The molecule has 250 valence electrons. The number of carbonyl (C=O) groups is 3. The summed E-state index contributed by atoms with van der Waals surface area (Å²) in [5.74, 6) is 0.506. The van der Waals surface area contributed by atoms with Gasteiger partial charge in [-0.05, 0) is 66.1 Å². The van der Waals surface area contributed by atoms with Crippen molar-refractivity contribution in [3.63, 3.8) is 0 Å². The van der Waals surface area contributed by atoms with Crippen LogP contribution in [0.25, 0.3) is 11.1 Å². The van der Waals surface area contributed by atoms with Crippen molar-refractivity contribution < 1.29 is 33.3 Å². The Balaban J connectivity index is 1.47. The van der Waals surface area contributed by atoms with Crippen LogP contribution in [-0.2, 0) is 25.5 Å². The number of hydrogen-bond acceptors (Lipinski definition) is 9. The lowest BCUT2D eigenvalue weighted by atomic mass is 9.95. The summed E-state index contributed by atoms with van der Waals surface area (Å²) in [6.07, 6.45) is 3.49. The lowest BCUT2D eigenvalue weighted by molar-refractivity contribution is -0.145. The van der Waals surface area contributed by atoms with E-state index < -0.39 is 18.1 Å². The normalized spacial score (nSPS) is 13.9. The van der Waals surface area contributed by atoms with Crippen molar-refractivity contribution in [3.8, 4) is 28.4 Å². The third-order valence-corrected chi connectivity index (χ3v) is 8.19. The van der Waals surface area contributed by atoms with Gasteiger partial charge in [0, 0.05) is 25.5 Å². The summed E-state index contributed by atoms with van der Waals surface area (Å²) in [6, 6.07) is 14.8. The molecule has 2 atom stereocenters. The van der Waals surface area contributed by atoms with E-state index in [1.165, 1.54) is 14.0 Å². The highest BCUT2D eigenvalue weighted by Crippen LogP contribution is 2.50. The third-order valence-electron chi connectivity index (χ3n) is 8.19. The topological polar surface area (TPSA) is 141 Å². The van der Waals surface area contributed by atoms with E-state index in [4.69, 9.17) is 18.9 Å². The van der Waals surface area contributed by atoms with Crippen molar-refractivity contribution in [2.24, 2.45) is 0 Å². The molecule has 0 aliphatic heterocycles. The number of benzene rings is 2. The van der Waals surface area contributed by atoms with Crippen LogP contribution in [0.1, 0.15) is 67.8 Å². The van der Waals surface area contributed by atoms with Gasteiger partial charge in [-0.2, -0.15) is 0 Å². The van der Waals surface area contributed by atoms with E-state index in [2.05, 4.69) is 16.0 Å². The molecule has 0 radical (unpaired) electrons. The van der Waals surface area contributed by atoms with Gasteiger partial charge in [0.15, 0.2) is 17.5 Å². The largest absolute Gasteiger partial charge is 0.493 e. The molecule has 0 saturated carbocycles. The summed E-state index contributed by atoms with van der Waals surface area (Å²) >= 11 is 0. The number of amides is 2. The van der Waals surface area contributed by atoms with Crippen molar-refractivity contribution in [1.29, 1.82) is 0 Å². The van der Waals surface area contributed by atoms with Crippen LogP contribution < -0.4 is 35.6 Å². The predicted molar refractivity (Wildman–Crippen MR) is 179 cm³/mol. The average molecular weight is 646 g/mol. The van der Waals surface area contributed by atoms with Gasteiger partial charge < -0.3 is 34.9 Å². The van der Waals surface area contributed by atoms with Gasteiger partial charge in [0.05, 0.1) is 40.2 Å². The number of methoxy groups -OCH3 is 4. The molecule has 1 aliphatic carbocycles. The van der Waals surface area contributed by atoms with Gasteiger partial charge in [0.1, 0.15) is 0 Å². The number of hydrogen-bond donors (Lipinski definition) is 3. The SMILES string of the molecule is COC(=O)C(NC(=O)CCCCCNc1ccc2c(cc1=O)C(NC(C)=O)CCc1cc(OC)c(OC)c(OC)c1-2)c1ccccc1. The van der Waals surface area contributed by atoms with Crippen molar-refractivity contribution in [1.82, 2.24) is 10.6 Å². The quantitative estimate of drug-likeness (QED) is 0.165. The second-order valence-electron chi connectivity index (χ2n) is 11.3. The molecule has 0 bridgehead atoms. The summed E-state index contributed by atoms with van der Waals surface area (Å²) in [4.78, 5) is 50.5. The zero-order valence-corrected chi connectivity index (χ0v) is 27.6. The summed E-state index contributed by atoms with van der Waals surface area (Å²) in [5.41, 5.74) is 4.05. The van der Waals surface area contributed by atoms with Crippen molar-refractivity contribution in [2.75, 3.05) is 40.3 Å². The highest BCUT2D eigenvalue weighted by Gasteiger charge is 2.29. The van der Waals surface area contributed by atoms with E-state index in [9.17, 15) is 19.2 Å². The first kappa shape index (κ1) is 34.8. The summed E-state index contributed by atoms with van der Waals surface area (Å²) in [7, 11) is 5.97. The van der Waals surface area contributed by atoms with Crippen LogP contribution in [0, 0.1) is 0 Å². The Bertz CT molecular complexity index is 1640. The van der Waals surface area contributed by atoms with Crippen molar-refractivity contribution >= 4 is 23.5 Å². The Labute approximate surface area is 275 Å². The molecule has 1 aliphatic rings. The van der Waals surface area contributed by atoms with E-state index in [0.29, 0.717) is 66.3 Å². The molecule has 0 aromatic heterocycles. The first-order chi connectivity index (χ1) is 22.7. The molecule has 3 aromatic carbocycles.